The van der Waals surface area contributed by atoms with Crippen LogP contribution in [-0.2, 0) is 18.6 Å². The Balaban J connectivity index is 1.67. The largest absolute Gasteiger partial charge is 0.381 e. The maximum atomic E-state index is 15.7. The van der Waals surface area contributed by atoms with Crippen LogP contribution in [0.4, 0.5) is 8.78 Å². The highest BCUT2D eigenvalue weighted by molar-refractivity contribution is 5.50. The van der Waals surface area contributed by atoms with Crippen LogP contribution in [-0.4, -0.2) is 34.6 Å². The van der Waals surface area contributed by atoms with Crippen molar-refractivity contribution in [1.29, 1.82) is 0 Å². The van der Waals surface area contributed by atoms with Crippen LogP contribution in [0.25, 0.3) is 0 Å². The first-order valence-electron chi connectivity index (χ1n) is 12.0. The lowest BCUT2D eigenvalue weighted by Gasteiger charge is -2.43. The van der Waals surface area contributed by atoms with Gasteiger partial charge in [0, 0.05) is 11.6 Å². The average Bonchev–Trinajstić information content (AvgIpc) is 3.47. The summed E-state index contributed by atoms with van der Waals surface area (Å²) in [5, 5.41) is 20.9. The SMILES string of the molecule is OC1(Cn2cncn2)c2c(F)cc(F)c3c2C(CCCCCCCCCC1n1cncn1)C3. The van der Waals surface area contributed by atoms with Crippen molar-refractivity contribution in [3.05, 3.63) is 59.7 Å². The van der Waals surface area contributed by atoms with Crippen molar-refractivity contribution in [3.63, 3.8) is 0 Å². The summed E-state index contributed by atoms with van der Waals surface area (Å²) >= 11 is 0. The van der Waals surface area contributed by atoms with Gasteiger partial charge in [0.05, 0.1) is 12.6 Å². The Morgan fingerprint density at radius 2 is 1.61 bits per heavy atom. The Labute approximate surface area is 191 Å². The molecule has 1 N–H and O–H groups in total. The molecular formula is C24H30F2N6O. The monoisotopic (exact) mass is 456 g/mol. The molecule has 0 radical (unpaired) electrons. The van der Waals surface area contributed by atoms with Gasteiger partial charge >= 0.3 is 0 Å². The molecule has 0 saturated carbocycles. The second kappa shape index (κ2) is 9.29. The van der Waals surface area contributed by atoms with E-state index in [0.29, 0.717) is 24.0 Å². The van der Waals surface area contributed by atoms with Crippen molar-refractivity contribution in [3.8, 4) is 0 Å². The van der Waals surface area contributed by atoms with Gasteiger partial charge in [-0.1, -0.05) is 44.9 Å². The van der Waals surface area contributed by atoms with Crippen molar-refractivity contribution in [2.45, 2.75) is 88.3 Å². The second-order valence-corrected chi connectivity index (χ2v) is 9.47. The van der Waals surface area contributed by atoms with Crippen molar-refractivity contribution in [2.24, 2.45) is 0 Å². The molecule has 7 nitrogen and oxygen atoms in total. The van der Waals surface area contributed by atoms with Crippen molar-refractivity contribution >= 4 is 0 Å². The van der Waals surface area contributed by atoms with Crippen molar-refractivity contribution in [2.75, 3.05) is 0 Å². The number of halogens is 2. The molecule has 0 bridgehead atoms. The summed E-state index contributed by atoms with van der Waals surface area (Å²) in [7, 11) is 0. The Bertz CT molecular complexity index is 1070. The topological polar surface area (TPSA) is 81.6 Å². The van der Waals surface area contributed by atoms with E-state index < -0.39 is 23.3 Å². The zero-order valence-corrected chi connectivity index (χ0v) is 18.7. The van der Waals surface area contributed by atoms with Gasteiger partial charge in [-0.3, -0.25) is 0 Å². The fraction of sp³-hybridized carbons (Fsp3) is 0.583. The van der Waals surface area contributed by atoms with Gasteiger partial charge in [-0.15, -0.1) is 0 Å². The zero-order chi connectivity index (χ0) is 22.8. The Hall–Kier alpha value is -2.68. The molecule has 3 aromatic rings. The van der Waals surface area contributed by atoms with Crippen molar-refractivity contribution in [1.82, 2.24) is 29.5 Å². The number of aromatic nitrogens is 6. The standard InChI is InChI=1S/C24H30F2N6O/c25-19-11-20(26)23-22-17(10-18(19)22)8-6-4-2-1-3-5-7-9-21(32-16-28-14-30-32)24(23,33)12-31-15-27-13-29-31/h11,13-17,21,33H,1-10,12H2. The van der Waals surface area contributed by atoms with Gasteiger partial charge in [-0.2, -0.15) is 10.2 Å². The third-order valence-corrected chi connectivity index (χ3v) is 7.37. The summed E-state index contributed by atoms with van der Waals surface area (Å²) in [5.74, 6) is -1.19. The normalized spacial score (nSPS) is 26.3. The molecule has 9 heteroatoms. The summed E-state index contributed by atoms with van der Waals surface area (Å²) in [4.78, 5) is 8.09. The summed E-state index contributed by atoms with van der Waals surface area (Å²) in [6.45, 7) is -0.0146. The molecule has 33 heavy (non-hydrogen) atoms. The molecule has 0 fully saturated rings. The smallest absolute Gasteiger partial charge is 0.137 e. The molecule has 0 spiro atoms. The Kier molecular flexibility index (Phi) is 6.23. The molecule has 0 amide bonds. The summed E-state index contributed by atoms with van der Waals surface area (Å²) in [6, 6.07) is 0.343. The Morgan fingerprint density at radius 3 is 2.30 bits per heavy atom. The zero-order valence-electron chi connectivity index (χ0n) is 18.7. The first-order valence-corrected chi connectivity index (χ1v) is 12.0. The first kappa shape index (κ1) is 22.1. The van der Waals surface area contributed by atoms with Crippen LogP contribution in [0, 0.1) is 11.6 Å². The van der Waals surface area contributed by atoms with Gasteiger partial charge in [0.2, 0.25) is 0 Å². The molecule has 0 aliphatic heterocycles. The predicted octanol–water partition coefficient (Wildman–Crippen LogP) is 4.44. The van der Waals surface area contributed by atoms with Gasteiger partial charge in [-0.25, -0.2) is 28.1 Å². The quantitative estimate of drug-likeness (QED) is 0.630. The lowest BCUT2D eigenvalue weighted by atomic mass is 9.67. The van der Waals surface area contributed by atoms with E-state index in [1.165, 1.54) is 36.5 Å². The van der Waals surface area contributed by atoms with Crippen LogP contribution in [0.2, 0.25) is 0 Å². The molecular weight excluding hydrogens is 426 g/mol. The maximum absolute atomic E-state index is 15.7. The van der Waals surface area contributed by atoms with Crippen LogP contribution in [0.15, 0.2) is 31.4 Å². The molecule has 2 aliphatic rings. The second-order valence-electron chi connectivity index (χ2n) is 9.47. The Morgan fingerprint density at radius 1 is 0.909 bits per heavy atom. The van der Waals surface area contributed by atoms with Crippen molar-refractivity contribution < 1.29 is 13.9 Å². The van der Waals surface area contributed by atoms with E-state index in [2.05, 4.69) is 20.2 Å². The van der Waals surface area contributed by atoms with E-state index in [4.69, 9.17) is 0 Å². The summed E-state index contributed by atoms with van der Waals surface area (Å²) in [5.41, 5.74) is -0.357. The highest BCUT2D eigenvalue weighted by atomic mass is 19.1. The van der Waals surface area contributed by atoms with E-state index in [1.54, 1.807) is 11.0 Å². The predicted molar refractivity (Wildman–Crippen MR) is 117 cm³/mol. The lowest BCUT2D eigenvalue weighted by molar-refractivity contribution is -0.0488. The minimum atomic E-state index is -1.70. The molecule has 2 aromatic heterocycles. The molecule has 0 saturated heterocycles. The van der Waals surface area contributed by atoms with E-state index in [1.807, 2.05) is 0 Å². The lowest BCUT2D eigenvalue weighted by Crippen LogP contribution is -2.44. The number of benzene rings is 1. The third-order valence-electron chi connectivity index (χ3n) is 7.37. The highest BCUT2D eigenvalue weighted by Crippen LogP contribution is 2.50. The minimum Gasteiger partial charge on any atom is -0.381 e. The average molecular weight is 457 g/mol. The third kappa shape index (κ3) is 4.18. The number of nitrogens with zero attached hydrogens (tertiary/aromatic N) is 6. The minimum absolute atomic E-state index is 0.0146. The summed E-state index contributed by atoms with van der Waals surface area (Å²) < 4.78 is 33.5. The molecule has 2 aliphatic carbocycles. The van der Waals surface area contributed by atoms with Crippen LogP contribution < -0.4 is 0 Å². The van der Waals surface area contributed by atoms with E-state index in [-0.39, 0.29) is 18.0 Å². The van der Waals surface area contributed by atoms with Gasteiger partial charge < -0.3 is 5.11 Å². The molecule has 176 valence electrons. The molecule has 2 heterocycles. The van der Waals surface area contributed by atoms with Gasteiger partial charge in [-0.05, 0) is 36.3 Å². The summed E-state index contributed by atoms with van der Waals surface area (Å²) in [6.07, 6.45) is 15.5. The van der Waals surface area contributed by atoms with E-state index in [9.17, 15) is 9.50 Å². The number of rotatable bonds is 3. The van der Waals surface area contributed by atoms with Gasteiger partial charge in [0.15, 0.2) is 0 Å². The number of aliphatic hydroxyl groups is 1. The van der Waals surface area contributed by atoms with Crippen LogP contribution in [0.3, 0.4) is 0 Å². The van der Waals surface area contributed by atoms with Gasteiger partial charge in [0.25, 0.3) is 0 Å². The molecule has 5 rings (SSSR count). The van der Waals surface area contributed by atoms with E-state index >= 15 is 4.39 Å². The van der Waals surface area contributed by atoms with Crippen LogP contribution in [0.5, 0.6) is 0 Å². The number of hydrogen-bond donors (Lipinski definition) is 1. The van der Waals surface area contributed by atoms with Crippen LogP contribution in [0.1, 0.15) is 86.4 Å². The van der Waals surface area contributed by atoms with E-state index in [0.717, 1.165) is 44.6 Å². The van der Waals surface area contributed by atoms with Gasteiger partial charge in [0.1, 0.15) is 42.5 Å². The molecule has 3 unspecified atom stereocenters. The fourth-order valence-corrected chi connectivity index (χ4v) is 5.73. The maximum Gasteiger partial charge on any atom is 0.137 e. The fourth-order valence-electron chi connectivity index (χ4n) is 5.73. The van der Waals surface area contributed by atoms with Crippen LogP contribution >= 0.6 is 0 Å². The molecule has 1 aromatic carbocycles. The number of hydrogen-bond acceptors (Lipinski definition) is 5. The highest BCUT2D eigenvalue weighted by Gasteiger charge is 2.48. The molecule has 3 atom stereocenters. The first-order chi connectivity index (χ1) is 16.1.